The summed E-state index contributed by atoms with van der Waals surface area (Å²) in [6.45, 7) is 11.3. The third kappa shape index (κ3) is 7.23. The molecule has 2 heterocycles. The molecule has 252 valence electrons. The molecule has 5 atom stereocenters. The number of carbonyl (C=O) groups excluding carboxylic acids is 4. The van der Waals surface area contributed by atoms with Gasteiger partial charge < -0.3 is 19.8 Å². The number of carbonyl (C=O) groups is 4. The van der Waals surface area contributed by atoms with Gasteiger partial charge in [-0.1, -0.05) is 46.4 Å². The highest BCUT2D eigenvalue weighted by molar-refractivity contribution is 7.90. The first-order valence-electron chi connectivity index (χ1n) is 15.9. The molecule has 1 saturated heterocycles. The molecule has 2 N–H and O–H groups in total. The van der Waals surface area contributed by atoms with Crippen LogP contribution in [0.1, 0.15) is 106 Å². The van der Waals surface area contributed by atoms with Crippen LogP contribution in [0, 0.1) is 16.7 Å². The second-order valence-electron chi connectivity index (χ2n) is 14.4. The highest BCUT2D eigenvalue weighted by atomic mass is 32.2. The molecular weight excluding hydrogens is 600 g/mol. The molecular formula is C32H50N4O8S. The highest BCUT2D eigenvalue weighted by Gasteiger charge is 2.63. The average molecular weight is 651 g/mol. The predicted octanol–water partition coefficient (Wildman–Crippen LogP) is 3.99. The van der Waals surface area contributed by atoms with Gasteiger partial charge in [-0.25, -0.2) is 13.2 Å². The van der Waals surface area contributed by atoms with Crippen LogP contribution in [0.25, 0.3) is 0 Å². The van der Waals surface area contributed by atoms with Crippen molar-refractivity contribution in [3.05, 3.63) is 12.7 Å². The summed E-state index contributed by atoms with van der Waals surface area (Å²) in [5, 5.41) is 6.41. The number of alkyl carbamates (subject to hydrolysis) is 1. The molecule has 0 aromatic carbocycles. The van der Waals surface area contributed by atoms with Crippen LogP contribution >= 0.6 is 0 Å². The van der Waals surface area contributed by atoms with E-state index in [9.17, 15) is 27.6 Å². The Kier molecular flexibility index (Phi) is 9.83. The zero-order valence-corrected chi connectivity index (χ0v) is 27.0. The van der Waals surface area contributed by atoms with E-state index in [4.69, 9.17) is 9.57 Å². The number of rotatable bonds is 11. The summed E-state index contributed by atoms with van der Waals surface area (Å²) >= 11 is 0. The van der Waals surface area contributed by atoms with Crippen molar-refractivity contribution in [3.8, 4) is 0 Å². The van der Waals surface area contributed by atoms with Crippen molar-refractivity contribution in [2.24, 2.45) is 21.9 Å². The molecule has 2 aliphatic heterocycles. The van der Waals surface area contributed by atoms with E-state index >= 15 is 0 Å². The van der Waals surface area contributed by atoms with Crippen molar-refractivity contribution in [2.75, 3.05) is 6.54 Å². The summed E-state index contributed by atoms with van der Waals surface area (Å²) < 4.78 is 33.0. The van der Waals surface area contributed by atoms with Crippen molar-refractivity contribution in [2.45, 2.75) is 135 Å². The Morgan fingerprint density at radius 1 is 1.16 bits per heavy atom. The minimum absolute atomic E-state index is 0. The Morgan fingerprint density at radius 3 is 2.36 bits per heavy atom. The van der Waals surface area contributed by atoms with Crippen LogP contribution in [0.4, 0.5) is 4.79 Å². The molecule has 3 saturated carbocycles. The van der Waals surface area contributed by atoms with E-state index in [0.29, 0.717) is 32.1 Å². The number of Topliss-reactive ketones (excluding diaryl/α,β-unsaturated/α-hetero) is 1. The van der Waals surface area contributed by atoms with Gasteiger partial charge in [0.1, 0.15) is 12.1 Å². The van der Waals surface area contributed by atoms with Gasteiger partial charge in [0.2, 0.25) is 21.8 Å². The molecule has 45 heavy (non-hydrogen) atoms. The Morgan fingerprint density at radius 2 is 1.82 bits per heavy atom. The van der Waals surface area contributed by atoms with Crippen molar-refractivity contribution in [1.82, 2.24) is 14.9 Å². The summed E-state index contributed by atoms with van der Waals surface area (Å²) in [7, 11) is -3.81. The van der Waals surface area contributed by atoms with E-state index in [1.54, 1.807) is 6.08 Å². The van der Waals surface area contributed by atoms with E-state index in [1.807, 2.05) is 27.7 Å². The normalized spacial score (nSPS) is 30.1. The molecule has 3 amide bonds. The predicted molar refractivity (Wildman–Crippen MR) is 169 cm³/mol. The Balaban J connectivity index is 0.00000461. The SMILES string of the molecule is C.C=C[C@@H]1C[C@]1(CC(=O)[C@@H]1C[C@]2(CC(CC)=NO2)CN1C(=O)[C@@H](NC(=O)OC1CCCC1)C(C)(C)C)C(=O)NS(=O)(=O)C1CC1. The number of ether oxygens (including phenoxy) is 1. The van der Waals surface area contributed by atoms with Crippen molar-refractivity contribution >= 4 is 39.4 Å². The smallest absolute Gasteiger partial charge is 0.408 e. The number of sulfonamides is 1. The molecule has 4 fully saturated rings. The van der Waals surface area contributed by atoms with Crippen LogP contribution in [-0.4, -0.2) is 78.3 Å². The van der Waals surface area contributed by atoms with Crippen LogP contribution in [0.5, 0.6) is 0 Å². The molecule has 1 spiro atoms. The van der Waals surface area contributed by atoms with Gasteiger partial charge in [0.05, 0.1) is 29.0 Å². The van der Waals surface area contributed by atoms with Crippen molar-refractivity contribution in [1.29, 1.82) is 0 Å². The number of hydrogen-bond donors (Lipinski definition) is 2. The average Bonchev–Trinajstić information content (AvgIpc) is 3.78. The molecule has 0 aromatic heterocycles. The summed E-state index contributed by atoms with van der Waals surface area (Å²) in [5.74, 6) is -1.89. The molecule has 5 aliphatic rings. The number of oxime groups is 1. The maximum atomic E-state index is 14.3. The van der Waals surface area contributed by atoms with E-state index in [2.05, 4.69) is 21.8 Å². The van der Waals surface area contributed by atoms with Gasteiger partial charge in [-0.2, -0.15) is 0 Å². The quantitative estimate of drug-likeness (QED) is 0.318. The summed E-state index contributed by atoms with van der Waals surface area (Å²) in [4.78, 5) is 62.1. The minimum Gasteiger partial charge on any atom is -0.446 e. The van der Waals surface area contributed by atoms with Crippen LogP contribution in [0.2, 0.25) is 0 Å². The minimum atomic E-state index is -3.81. The van der Waals surface area contributed by atoms with Gasteiger partial charge in [-0.05, 0) is 62.7 Å². The lowest BCUT2D eigenvalue weighted by Gasteiger charge is -2.35. The second kappa shape index (κ2) is 12.7. The fourth-order valence-corrected chi connectivity index (χ4v) is 8.27. The summed E-state index contributed by atoms with van der Waals surface area (Å²) in [5.41, 5.74) is -2.05. The number of nitrogens with zero attached hydrogens (tertiary/aromatic N) is 2. The van der Waals surface area contributed by atoms with E-state index in [1.165, 1.54) is 4.90 Å². The van der Waals surface area contributed by atoms with Gasteiger partial charge in [-0.15, -0.1) is 6.58 Å². The Labute approximate surface area is 267 Å². The summed E-state index contributed by atoms with van der Waals surface area (Å²) in [6.07, 6.45) is 6.58. The second-order valence-corrected chi connectivity index (χ2v) is 16.4. The highest BCUT2D eigenvalue weighted by Crippen LogP contribution is 2.57. The largest absolute Gasteiger partial charge is 0.446 e. The standard InChI is InChI=1S/C31H46N4O8S.CH4/c1-6-19-14-31(19,27(38)34-44(40,41)22-12-13-22)17-24(36)23-16-30(15-20(7-2)33-43-30)18-35(23)26(37)25(29(3,4)5)32-28(39)42-21-10-8-9-11-21;/h6,19,21-23,25H,1,7-18H2,2-5H3,(H,32,39)(H,34,38);1H4/t19-,23+,25-,30-,31-;/m1./s1. The number of hydrogen-bond acceptors (Lipinski definition) is 9. The molecule has 5 rings (SSSR count). The molecule has 0 unspecified atom stereocenters. The van der Waals surface area contributed by atoms with Gasteiger partial charge in [-0.3, -0.25) is 19.1 Å². The van der Waals surface area contributed by atoms with Crippen LogP contribution < -0.4 is 10.0 Å². The lowest BCUT2D eigenvalue weighted by atomic mass is 9.85. The number of nitrogens with one attached hydrogen (secondary N) is 2. The molecule has 12 nitrogen and oxygen atoms in total. The first kappa shape index (κ1) is 34.9. The van der Waals surface area contributed by atoms with Crippen LogP contribution in [-0.2, 0) is 34.0 Å². The fraction of sp³-hybridized carbons (Fsp3) is 0.781. The van der Waals surface area contributed by atoms with Crippen molar-refractivity contribution in [3.63, 3.8) is 0 Å². The maximum Gasteiger partial charge on any atom is 0.408 e. The van der Waals surface area contributed by atoms with E-state index in [0.717, 1.165) is 31.4 Å². The molecule has 3 aliphatic carbocycles. The van der Waals surface area contributed by atoms with Crippen LogP contribution in [0.15, 0.2) is 17.8 Å². The molecule has 0 aromatic rings. The van der Waals surface area contributed by atoms with Crippen LogP contribution in [0.3, 0.4) is 0 Å². The van der Waals surface area contributed by atoms with E-state index < -0.39 is 61.7 Å². The zero-order valence-electron chi connectivity index (χ0n) is 26.2. The van der Waals surface area contributed by atoms with Gasteiger partial charge in [0, 0.05) is 19.3 Å². The molecule has 0 radical (unpaired) electrons. The Bertz CT molecular complexity index is 1350. The van der Waals surface area contributed by atoms with Crippen molar-refractivity contribution < 1.29 is 37.2 Å². The van der Waals surface area contributed by atoms with Gasteiger partial charge >= 0.3 is 6.09 Å². The Hall–Kier alpha value is -2.96. The van der Waals surface area contributed by atoms with Gasteiger partial charge in [0.15, 0.2) is 11.4 Å². The number of likely N-dealkylation sites (tertiary alicyclic amines) is 1. The lowest BCUT2D eigenvalue weighted by Crippen LogP contribution is -2.57. The third-order valence-electron chi connectivity index (χ3n) is 9.87. The monoisotopic (exact) mass is 650 g/mol. The fourth-order valence-electron chi connectivity index (χ4n) is 6.88. The first-order chi connectivity index (χ1) is 20.6. The topological polar surface area (TPSA) is 161 Å². The first-order valence-corrected chi connectivity index (χ1v) is 17.4. The van der Waals surface area contributed by atoms with E-state index in [-0.39, 0.29) is 44.6 Å². The number of allylic oxidation sites excluding steroid dienone is 1. The number of amides is 3. The lowest BCUT2D eigenvalue weighted by molar-refractivity contribution is -0.142. The molecule has 13 heteroatoms. The molecule has 0 bridgehead atoms. The summed E-state index contributed by atoms with van der Waals surface area (Å²) in [6, 6.07) is -1.96. The zero-order chi connectivity index (χ0) is 32.1. The maximum absolute atomic E-state index is 14.3. The third-order valence-corrected chi connectivity index (χ3v) is 11.7. The number of ketones is 1. The van der Waals surface area contributed by atoms with Gasteiger partial charge in [0.25, 0.3) is 0 Å².